The van der Waals surface area contributed by atoms with Gasteiger partial charge in [-0.1, -0.05) is 0 Å². The second-order valence-corrected chi connectivity index (χ2v) is 4.22. The lowest BCUT2D eigenvalue weighted by atomic mass is 11.6. The van der Waals surface area contributed by atoms with Crippen LogP contribution < -0.4 is 0 Å². The minimum atomic E-state index is -4.64. The summed E-state index contributed by atoms with van der Waals surface area (Å²) in [6.45, 7) is -1.06. The third-order valence-electron chi connectivity index (χ3n) is 0.459. The summed E-state index contributed by atoms with van der Waals surface area (Å²) in [4.78, 5) is 0. The van der Waals surface area contributed by atoms with Crippen LogP contribution in [0.2, 0.25) is 0 Å². The van der Waals surface area contributed by atoms with Crippen molar-refractivity contribution < 1.29 is 29.8 Å². The Morgan fingerprint density at radius 1 is 1.18 bits per heavy atom. The second kappa shape index (κ2) is 3.45. The van der Waals surface area contributed by atoms with Gasteiger partial charge in [-0.3, -0.25) is 4.55 Å². The molecule has 9 heteroatoms. The molecule has 0 bridgehead atoms. The summed E-state index contributed by atoms with van der Waals surface area (Å²) in [5.41, 5.74) is 0. The first-order valence-electron chi connectivity index (χ1n) is 2.17. The van der Waals surface area contributed by atoms with Gasteiger partial charge in [0.15, 0.2) is 6.79 Å². The van der Waals surface area contributed by atoms with Crippen LogP contribution in [0.25, 0.3) is 0 Å². The molecule has 0 aliphatic rings. The lowest BCUT2D eigenvalue weighted by Crippen LogP contribution is -2.11. The summed E-state index contributed by atoms with van der Waals surface area (Å²) in [5, 5.41) is 0. The number of hydrogen-bond donors (Lipinski definition) is 1. The molecule has 0 aromatic rings. The van der Waals surface area contributed by atoms with E-state index in [0.29, 0.717) is 6.26 Å². The van der Waals surface area contributed by atoms with Gasteiger partial charge in [0, 0.05) is 0 Å². The van der Waals surface area contributed by atoms with Crippen LogP contribution in [0.5, 0.6) is 0 Å². The van der Waals surface area contributed by atoms with Crippen LogP contribution in [-0.4, -0.2) is 34.4 Å². The molecule has 1 N–H and O–H groups in total. The van der Waals surface area contributed by atoms with Crippen LogP contribution in [-0.2, 0) is 28.9 Å². The lowest BCUT2D eigenvalue weighted by Gasteiger charge is -1.98. The van der Waals surface area contributed by atoms with Crippen molar-refractivity contribution >= 4 is 20.5 Å². The highest BCUT2D eigenvalue weighted by Gasteiger charge is 2.07. The molecule has 0 heterocycles. The van der Waals surface area contributed by atoms with Gasteiger partial charge in [-0.05, 0) is 0 Å². The Morgan fingerprint density at radius 2 is 1.64 bits per heavy atom. The summed E-state index contributed by atoms with van der Waals surface area (Å²) in [6, 6.07) is 0. The average molecular weight is 206 g/mol. The molecule has 0 radical (unpaired) electrons. The maximum atomic E-state index is 10.1. The zero-order valence-electron chi connectivity index (χ0n) is 5.42. The fourth-order valence-corrected chi connectivity index (χ4v) is 0.621. The van der Waals surface area contributed by atoms with Crippen molar-refractivity contribution in [1.29, 1.82) is 0 Å². The van der Waals surface area contributed by atoms with Crippen LogP contribution in [0.4, 0.5) is 0 Å². The molecule has 0 aliphatic heterocycles. The SMILES string of the molecule is CS(=O)(=O)OCOS(=O)(=O)O. The van der Waals surface area contributed by atoms with Crippen molar-refractivity contribution in [2.75, 3.05) is 13.0 Å². The summed E-state index contributed by atoms with van der Waals surface area (Å²) < 4.78 is 55.1. The van der Waals surface area contributed by atoms with Crippen molar-refractivity contribution in [1.82, 2.24) is 0 Å². The summed E-state index contributed by atoms with van der Waals surface area (Å²) in [5.74, 6) is 0. The Kier molecular flexibility index (Phi) is 3.38. The third-order valence-corrected chi connectivity index (χ3v) is 1.38. The summed E-state index contributed by atoms with van der Waals surface area (Å²) >= 11 is 0. The maximum Gasteiger partial charge on any atom is 0.399 e. The molecule has 0 saturated heterocycles. The second-order valence-electron chi connectivity index (χ2n) is 1.49. The Bertz CT molecular complexity index is 263. The smallest absolute Gasteiger partial charge is 0.263 e. The Labute approximate surface area is 64.0 Å². The highest BCUT2D eigenvalue weighted by atomic mass is 32.3. The van der Waals surface area contributed by atoms with Crippen LogP contribution in [0, 0.1) is 0 Å². The van der Waals surface area contributed by atoms with E-state index in [1.165, 1.54) is 0 Å². The van der Waals surface area contributed by atoms with Gasteiger partial charge in [0.1, 0.15) is 0 Å². The van der Waals surface area contributed by atoms with Gasteiger partial charge in [-0.25, -0.2) is 8.37 Å². The third kappa shape index (κ3) is 9.78. The van der Waals surface area contributed by atoms with E-state index in [2.05, 4.69) is 8.37 Å². The van der Waals surface area contributed by atoms with Gasteiger partial charge in [0.2, 0.25) is 0 Å². The van der Waals surface area contributed by atoms with Crippen molar-refractivity contribution in [3.8, 4) is 0 Å². The van der Waals surface area contributed by atoms with Gasteiger partial charge >= 0.3 is 10.4 Å². The molecule has 0 aromatic carbocycles. The van der Waals surface area contributed by atoms with E-state index in [1.54, 1.807) is 0 Å². The minimum Gasteiger partial charge on any atom is -0.263 e. The molecule has 68 valence electrons. The number of hydrogen-bond acceptors (Lipinski definition) is 6. The quantitative estimate of drug-likeness (QED) is 0.347. The first-order chi connectivity index (χ1) is 4.71. The number of rotatable bonds is 4. The van der Waals surface area contributed by atoms with Gasteiger partial charge < -0.3 is 0 Å². The van der Waals surface area contributed by atoms with Crippen LogP contribution in [0.15, 0.2) is 0 Å². The largest absolute Gasteiger partial charge is 0.399 e. The highest BCUT2D eigenvalue weighted by Crippen LogP contribution is 1.90. The fourth-order valence-electron chi connectivity index (χ4n) is 0.168. The molecule has 0 aliphatic carbocycles. The van der Waals surface area contributed by atoms with Crippen molar-refractivity contribution in [3.63, 3.8) is 0 Å². The Hall–Kier alpha value is -0.220. The monoisotopic (exact) mass is 206 g/mol. The zero-order valence-corrected chi connectivity index (χ0v) is 7.05. The molecule has 0 rings (SSSR count). The fraction of sp³-hybridized carbons (Fsp3) is 1.00. The van der Waals surface area contributed by atoms with Crippen molar-refractivity contribution in [2.24, 2.45) is 0 Å². The maximum absolute atomic E-state index is 10.1. The van der Waals surface area contributed by atoms with Gasteiger partial charge in [0.05, 0.1) is 6.26 Å². The predicted molar refractivity (Wildman–Crippen MR) is 33.4 cm³/mol. The summed E-state index contributed by atoms with van der Waals surface area (Å²) in [6.07, 6.45) is 0.709. The zero-order chi connectivity index (χ0) is 9.12. The topological polar surface area (TPSA) is 107 Å². The van der Waals surface area contributed by atoms with E-state index in [9.17, 15) is 16.8 Å². The predicted octanol–water partition coefficient (Wildman–Crippen LogP) is -1.26. The highest BCUT2D eigenvalue weighted by molar-refractivity contribution is 7.86. The average Bonchev–Trinajstić information content (AvgIpc) is 1.55. The standard InChI is InChI=1S/C2H6O7S2/c1-10(3,4)8-2-9-11(5,6)7/h2H2,1H3,(H,5,6,7). The van der Waals surface area contributed by atoms with Gasteiger partial charge in [-0.15, -0.1) is 0 Å². The lowest BCUT2D eigenvalue weighted by molar-refractivity contribution is 0.119. The van der Waals surface area contributed by atoms with Crippen LogP contribution >= 0.6 is 0 Å². The van der Waals surface area contributed by atoms with Gasteiger partial charge in [-0.2, -0.15) is 16.8 Å². The molecule has 11 heavy (non-hydrogen) atoms. The first-order valence-corrected chi connectivity index (χ1v) is 5.35. The molecular weight excluding hydrogens is 200 g/mol. The Balaban J connectivity index is 3.79. The molecule has 0 amide bonds. The molecule has 0 unspecified atom stereocenters. The van der Waals surface area contributed by atoms with E-state index in [-0.39, 0.29) is 0 Å². The normalized spacial score (nSPS) is 13.3. The molecule has 0 aromatic heterocycles. The first kappa shape index (κ1) is 10.8. The van der Waals surface area contributed by atoms with Gasteiger partial charge in [0.25, 0.3) is 10.1 Å². The molecule has 0 fully saturated rings. The molecule has 7 nitrogen and oxygen atoms in total. The van der Waals surface area contributed by atoms with E-state index in [1.807, 2.05) is 0 Å². The van der Waals surface area contributed by atoms with Crippen molar-refractivity contribution in [2.45, 2.75) is 0 Å². The van der Waals surface area contributed by atoms with E-state index in [0.717, 1.165) is 0 Å². The van der Waals surface area contributed by atoms with E-state index < -0.39 is 27.3 Å². The van der Waals surface area contributed by atoms with E-state index >= 15 is 0 Å². The molecular formula is C2H6O7S2. The molecule has 0 spiro atoms. The summed E-state index contributed by atoms with van der Waals surface area (Å²) in [7, 11) is -8.38. The Morgan fingerprint density at radius 3 is 1.91 bits per heavy atom. The molecule has 0 saturated carbocycles. The molecule has 0 atom stereocenters. The van der Waals surface area contributed by atoms with Crippen LogP contribution in [0.1, 0.15) is 0 Å². The minimum absolute atomic E-state index is 0.709. The van der Waals surface area contributed by atoms with Crippen molar-refractivity contribution in [3.05, 3.63) is 0 Å². The van der Waals surface area contributed by atoms with E-state index in [4.69, 9.17) is 4.55 Å². The van der Waals surface area contributed by atoms with Crippen LogP contribution in [0.3, 0.4) is 0 Å².